The van der Waals surface area contributed by atoms with E-state index in [1.807, 2.05) is 0 Å². The molecule has 0 amide bonds. The average molecular weight is 274 g/mol. The van der Waals surface area contributed by atoms with Crippen molar-refractivity contribution in [2.75, 3.05) is 0 Å². The van der Waals surface area contributed by atoms with E-state index in [4.69, 9.17) is 0 Å². The summed E-state index contributed by atoms with van der Waals surface area (Å²) >= 11 is 7.52. The van der Waals surface area contributed by atoms with Gasteiger partial charge in [-0.2, -0.15) is 0 Å². The van der Waals surface area contributed by atoms with Crippen molar-refractivity contribution in [2.24, 2.45) is 0 Å². The minimum Gasteiger partial charge on any atom is -0.111 e. The van der Waals surface area contributed by atoms with Crippen LogP contribution in [0.3, 0.4) is 0 Å². The summed E-state index contributed by atoms with van der Waals surface area (Å²) in [5.41, 5.74) is 0. The molecule has 56 valence electrons. The lowest BCUT2D eigenvalue weighted by Gasteiger charge is -2.14. The van der Waals surface area contributed by atoms with Crippen LogP contribution in [0.2, 0.25) is 12.1 Å². The van der Waals surface area contributed by atoms with Crippen molar-refractivity contribution in [2.45, 2.75) is 38.8 Å². The molecule has 0 heterocycles. The fraction of sp³-hybridized carbons (Fsp3) is 1.00. The first kappa shape index (κ1) is 10.2. The molecule has 0 aromatic rings. The van der Waals surface area contributed by atoms with Gasteiger partial charge in [0.1, 0.15) is 0 Å². The topological polar surface area (TPSA) is 0 Å². The van der Waals surface area contributed by atoms with E-state index >= 15 is 0 Å². The predicted octanol–water partition coefficient (Wildman–Crippen LogP) is 4.04. The van der Waals surface area contributed by atoms with E-state index in [2.05, 4.69) is 44.4 Å². The Morgan fingerprint density at radius 2 is 1.33 bits per heavy atom. The third-order valence-electron chi connectivity index (χ3n) is 1.23. The predicted molar refractivity (Wildman–Crippen MR) is 53.8 cm³/mol. The summed E-state index contributed by atoms with van der Waals surface area (Å²) in [6.07, 6.45) is 2.59. The fourth-order valence-corrected chi connectivity index (χ4v) is 7.33. The second-order valence-corrected chi connectivity index (χ2v) is 17.4. The highest BCUT2D eigenvalue weighted by Gasteiger charge is 2.23. The van der Waals surface area contributed by atoms with Gasteiger partial charge in [0.2, 0.25) is 5.31 Å². The summed E-state index contributed by atoms with van der Waals surface area (Å²) in [6, 6.07) is 2.70. The molecule has 0 rings (SSSR count). The van der Waals surface area contributed by atoms with Gasteiger partial charge >= 0.3 is 0 Å². The van der Waals surface area contributed by atoms with Crippen molar-refractivity contribution < 1.29 is 0 Å². The molecule has 0 bridgehead atoms. The second-order valence-electron chi connectivity index (χ2n) is 2.36. The zero-order valence-corrected chi connectivity index (χ0v) is 10.3. The van der Waals surface area contributed by atoms with Crippen LogP contribution in [0.25, 0.3) is 0 Å². The molecule has 0 aromatic carbocycles. The molecule has 3 heteroatoms. The lowest BCUT2D eigenvalue weighted by molar-refractivity contribution is 1.02. The van der Waals surface area contributed by atoms with Gasteiger partial charge in [-0.05, 0) is 12.1 Å². The molecule has 0 radical (unpaired) electrons. The summed E-state index contributed by atoms with van der Waals surface area (Å²) in [6.45, 7) is 4.47. The molecular formula is C6H14Br2Si. The third kappa shape index (κ3) is 5.61. The van der Waals surface area contributed by atoms with Crippen LogP contribution in [0.5, 0.6) is 0 Å². The zero-order chi connectivity index (χ0) is 7.33. The van der Waals surface area contributed by atoms with Gasteiger partial charge in [-0.25, -0.2) is 0 Å². The number of hydrogen-bond acceptors (Lipinski definition) is 0. The van der Waals surface area contributed by atoms with Crippen molar-refractivity contribution in [3.8, 4) is 0 Å². The standard InChI is InChI=1S/C6H14Br2Si/c1-3-5-9(7,8)6-4-2/h3-6H2,1-2H3. The number of hydrogen-bond donors (Lipinski definition) is 0. The summed E-state index contributed by atoms with van der Waals surface area (Å²) in [7, 11) is 0. The van der Waals surface area contributed by atoms with Gasteiger partial charge in [0.05, 0.1) is 0 Å². The Hall–Kier alpha value is 1.18. The maximum Gasteiger partial charge on any atom is 0.201 e. The van der Waals surface area contributed by atoms with E-state index in [9.17, 15) is 0 Å². The highest BCUT2D eigenvalue weighted by molar-refractivity contribution is 9.51. The molecule has 9 heavy (non-hydrogen) atoms. The van der Waals surface area contributed by atoms with Crippen LogP contribution >= 0.6 is 30.6 Å². The molecule has 0 N–H and O–H groups in total. The fourth-order valence-electron chi connectivity index (χ4n) is 0.857. The quantitative estimate of drug-likeness (QED) is 0.536. The number of rotatable bonds is 4. The molecule has 0 spiro atoms. The van der Waals surface area contributed by atoms with Crippen LogP contribution in [-0.2, 0) is 0 Å². The largest absolute Gasteiger partial charge is 0.201 e. The van der Waals surface area contributed by atoms with Gasteiger partial charge in [-0.15, -0.1) is 30.6 Å². The van der Waals surface area contributed by atoms with Crippen LogP contribution in [0.1, 0.15) is 26.7 Å². The molecule has 0 aliphatic heterocycles. The van der Waals surface area contributed by atoms with Crippen molar-refractivity contribution >= 4 is 35.9 Å². The van der Waals surface area contributed by atoms with E-state index in [1.54, 1.807) is 0 Å². The number of halogens is 2. The zero-order valence-electron chi connectivity index (χ0n) is 6.08. The van der Waals surface area contributed by atoms with E-state index in [1.165, 1.54) is 24.9 Å². The molecule has 0 nitrogen and oxygen atoms in total. The van der Waals surface area contributed by atoms with Crippen LogP contribution < -0.4 is 0 Å². The normalized spacial score (nSPS) is 12.0. The van der Waals surface area contributed by atoms with Gasteiger partial charge in [0, 0.05) is 0 Å². The van der Waals surface area contributed by atoms with E-state index in [-0.39, 0.29) is 0 Å². The van der Waals surface area contributed by atoms with Crippen LogP contribution in [-0.4, -0.2) is 5.31 Å². The first-order chi connectivity index (χ1) is 4.12. The Morgan fingerprint density at radius 3 is 1.56 bits per heavy atom. The van der Waals surface area contributed by atoms with Crippen molar-refractivity contribution in [1.82, 2.24) is 0 Å². The van der Waals surface area contributed by atoms with Gasteiger partial charge in [-0.3, -0.25) is 0 Å². The maximum atomic E-state index is 3.76. The van der Waals surface area contributed by atoms with Crippen molar-refractivity contribution in [1.29, 1.82) is 0 Å². The van der Waals surface area contributed by atoms with Gasteiger partial charge < -0.3 is 0 Å². The minimum absolute atomic E-state index is 1.08. The lowest BCUT2D eigenvalue weighted by Crippen LogP contribution is -2.15. The average Bonchev–Trinajstić information content (AvgIpc) is 1.64. The summed E-state index contributed by atoms with van der Waals surface area (Å²) < 4.78 is 0. The Labute approximate surface area is 74.6 Å². The monoisotopic (exact) mass is 272 g/mol. The van der Waals surface area contributed by atoms with Crippen LogP contribution in [0.4, 0.5) is 0 Å². The van der Waals surface area contributed by atoms with Crippen LogP contribution in [0, 0.1) is 0 Å². The maximum absolute atomic E-state index is 3.76. The molecule has 0 fully saturated rings. The summed E-state index contributed by atoms with van der Waals surface area (Å²) in [5.74, 6) is 0. The molecule has 0 atom stereocenters. The van der Waals surface area contributed by atoms with Gasteiger partial charge in [0.25, 0.3) is 0 Å². The molecule has 0 saturated carbocycles. The van der Waals surface area contributed by atoms with Crippen LogP contribution in [0.15, 0.2) is 0 Å². The molecular weight excluding hydrogens is 260 g/mol. The van der Waals surface area contributed by atoms with E-state index < -0.39 is 5.31 Å². The summed E-state index contributed by atoms with van der Waals surface area (Å²) in [4.78, 5) is 0. The highest BCUT2D eigenvalue weighted by Crippen LogP contribution is 2.31. The Bertz CT molecular complexity index is 65.5. The first-order valence-corrected chi connectivity index (χ1v) is 10.4. The van der Waals surface area contributed by atoms with Gasteiger partial charge in [0.15, 0.2) is 0 Å². The molecule has 0 unspecified atom stereocenters. The Kier molecular flexibility index (Phi) is 5.55. The second kappa shape index (κ2) is 4.91. The molecule has 0 aromatic heterocycles. The highest BCUT2D eigenvalue weighted by atomic mass is 79.9. The van der Waals surface area contributed by atoms with Crippen molar-refractivity contribution in [3.63, 3.8) is 0 Å². The van der Waals surface area contributed by atoms with Crippen molar-refractivity contribution in [3.05, 3.63) is 0 Å². The lowest BCUT2D eigenvalue weighted by atomic mass is 10.6. The van der Waals surface area contributed by atoms with E-state index in [0.717, 1.165) is 0 Å². The molecule has 0 aliphatic carbocycles. The van der Waals surface area contributed by atoms with E-state index in [0.29, 0.717) is 0 Å². The van der Waals surface area contributed by atoms with Gasteiger partial charge in [-0.1, -0.05) is 26.7 Å². The third-order valence-corrected chi connectivity index (χ3v) is 8.45. The molecule has 0 aliphatic rings. The smallest absolute Gasteiger partial charge is 0.111 e. The SMILES string of the molecule is CCC[Si](Br)(Br)CCC. The molecule has 0 saturated heterocycles. The Morgan fingerprint density at radius 1 is 1.00 bits per heavy atom. The first-order valence-electron chi connectivity index (χ1n) is 3.50. The summed E-state index contributed by atoms with van der Waals surface area (Å²) in [5, 5.41) is -1.08. The Balaban J connectivity index is 3.43. The minimum atomic E-state index is -1.08.